The Hall–Kier alpha value is -3.14. The zero-order valence-electron chi connectivity index (χ0n) is 14.9. The number of aryl methyl sites for hydroxylation is 1. The third kappa shape index (κ3) is 4.94. The summed E-state index contributed by atoms with van der Waals surface area (Å²) >= 11 is 0. The summed E-state index contributed by atoms with van der Waals surface area (Å²) in [5.74, 6) is 0.0925. The van der Waals surface area contributed by atoms with Gasteiger partial charge in [-0.1, -0.05) is 11.2 Å². The maximum atomic E-state index is 12.5. The lowest BCUT2D eigenvalue weighted by Crippen LogP contribution is -2.11. The van der Waals surface area contributed by atoms with Crippen LogP contribution in [0.15, 0.2) is 46.4 Å². The van der Waals surface area contributed by atoms with E-state index in [9.17, 15) is 18.5 Å². The van der Waals surface area contributed by atoms with Gasteiger partial charge in [-0.3, -0.25) is 10.1 Å². The molecule has 2 rings (SSSR count). The molecule has 9 nitrogen and oxygen atoms in total. The maximum Gasteiger partial charge on any atom is 0.339 e. The number of oxime groups is 1. The summed E-state index contributed by atoms with van der Waals surface area (Å²) < 4.78 is 35.3. The molecule has 144 valence electrons. The van der Waals surface area contributed by atoms with Gasteiger partial charge in [-0.25, -0.2) is 0 Å². The first-order chi connectivity index (χ1) is 12.8. The van der Waals surface area contributed by atoms with Crippen molar-refractivity contribution in [2.45, 2.75) is 18.7 Å². The molecule has 0 aliphatic heterocycles. The predicted octanol–water partition coefficient (Wildman–Crippen LogP) is 3.05. The van der Waals surface area contributed by atoms with E-state index in [-0.39, 0.29) is 22.1 Å². The summed E-state index contributed by atoms with van der Waals surface area (Å²) in [7, 11) is -2.94. The van der Waals surface area contributed by atoms with Crippen molar-refractivity contribution >= 4 is 22.0 Å². The number of methoxy groups -OCH3 is 1. The number of hydrogen-bond donors (Lipinski definition) is 0. The Morgan fingerprint density at radius 2 is 1.93 bits per heavy atom. The second kappa shape index (κ2) is 8.49. The van der Waals surface area contributed by atoms with E-state index in [1.165, 1.54) is 44.5 Å². The fraction of sp³-hybridized carbons (Fsp3) is 0.235. The minimum atomic E-state index is -4.30. The number of benzene rings is 2. The molecule has 2 aromatic carbocycles. The highest BCUT2D eigenvalue weighted by atomic mass is 32.2. The van der Waals surface area contributed by atoms with E-state index in [1.807, 2.05) is 0 Å². The van der Waals surface area contributed by atoms with Crippen molar-refractivity contribution in [1.82, 2.24) is 0 Å². The summed E-state index contributed by atoms with van der Waals surface area (Å²) in [5, 5.41) is 14.8. The fourth-order valence-corrected chi connectivity index (χ4v) is 3.07. The normalized spacial score (nSPS) is 11.4. The number of nitro groups is 1. The summed E-state index contributed by atoms with van der Waals surface area (Å²) in [6, 6.07) is 8.02. The number of nitro benzene ring substituents is 1. The minimum absolute atomic E-state index is 0.0608. The standard InChI is InChI=1S/C17H18N2O7S/c1-4-25-18-11-13-6-8-16(17(9-13)24-3)26-27(22,23)14-7-5-12(2)15(10-14)19(20)21/h5-11H,4H2,1-3H3. The van der Waals surface area contributed by atoms with Gasteiger partial charge in [0, 0.05) is 17.2 Å². The highest BCUT2D eigenvalue weighted by molar-refractivity contribution is 7.87. The van der Waals surface area contributed by atoms with Crippen molar-refractivity contribution in [3.05, 3.63) is 57.6 Å². The van der Waals surface area contributed by atoms with E-state index < -0.39 is 15.0 Å². The first-order valence-electron chi connectivity index (χ1n) is 7.81. The zero-order valence-corrected chi connectivity index (χ0v) is 15.7. The fourth-order valence-electron chi connectivity index (χ4n) is 2.11. The number of rotatable bonds is 8. The second-order valence-corrected chi connectivity index (χ2v) is 6.85. The Bertz CT molecular complexity index is 971. The Morgan fingerprint density at radius 1 is 1.19 bits per heavy atom. The predicted molar refractivity (Wildman–Crippen MR) is 97.9 cm³/mol. The van der Waals surface area contributed by atoms with Crippen LogP contribution in [-0.4, -0.2) is 33.3 Å². The van der Waals surface area contributed by atoms with Crippen LogP contribution in [0, 0.1) is 17.0 Å². The third-order valence-corrected chi connectivity index (χ3v) is 4.69. The molecule has 0 heterocycles. The van der Waals surface area contributed by atoms with Gasteiger partial charge in [0.1, 0.15) is 11.5 Å². The topological polar surface area (TPSA) is 117 Å². The molecule has 10 heteroatoms. The lowest BCUT2D eigenvalue weighted by molar-refractivity contribution is -0.385. The summed E-state index contributed by atoms with van der Waals surface area (Å²) in [4.78, 5) is 14.9. The third-order valence-electron chi connectivity index (χ3n) is 3.46. The molecule has 0 aliphatic rings. The summed E-state index contributed by atoms with van der Waals surface area (Å²) in [6.45, 7) is 3.71. The second-order valence-electron chi connectivity index (χ2n) is 5.31. The molecule has 0 unspecified atom stereocenters. The van der Waals surface area contributed by atoms with Crippen LogP contribution in [0.1, 0.15) is 18.1 Å². The van der Waals surface area contributed by atoms with Gasteiger partial charge >= 0.3 is 10.1 Å². The molecular formula is C17H18N2O7S. The monoisotopic (exact) mass is 394 g/mol. The molecule has 0 radical (unpaired) electrons. The van der Waals surface area contributed by atoms with E-state index in [2.05, 4.69) is 5.16 Å². The molecule has 0 amide bonds. The van der Waals surface area contributed by atoms with Crippen LogP contribution < -0.4 is 8.92 Å². The van der Waals surface area contributed by atoms with Crippen molar-refractivity contribution in [3.63, 3.8) is 0 Å². The highest BCUT2D eigenvalue weighted by Gasteiger charge is 2.23. The van der Waals surface area contributed by atoms with Crippen molar-refractivity contribution < 1.29 is 27.1 Å². The molecule has 0 N–H and O–H groups in total. The highest BCUT2D eigenvalue weighted by Crippen LogP contribution is 2.31. The van der Waals surface area contributed by atoms with Crippen LogP contribution >= 0.6 is 0 Å². The van der Waals surface area contributed by atoms with E-state index in [0.29, 0.717) is 17.7 Å². The maximum absolute atomic E-state index is 12.5. The Labute approximate surface area is 156 Å². The van der Waals surface area contributed by atoms with E-state index in [0.717, 1.165) is 6.07 Å². The van der Waals surface area contributed by atoms with Gasteiger partial charge in [-0.05, 0) is 38.1 Å². The van der Waals surface area contributed by atoms with E-state index >= 15 is 0 Å². The average molecular weight is 394 g/mol. The van der Waals surface area contributed by atoms with Gasteiger partial charge in [0.2, 0.25) is 0 Å². The van der Waals surface area contributed by atoms with Gasteiger partial charge in [0.25, 0.3) is 5.69 Å². The molecule has 0 aliphatic carbocycles. The van der Waals surface area contributed by atoms with Crippen LogP contribution in [0.4, 0.5) is 5.69 Å². The number of ether oxygens (including phenoxy) is 1. The first-order valence-corrected chi connectivity index (χ1v) is 9.22. The molecule has 0 bridgehead atoms. The molecule has 0 spiro atoms. The molecule has 0 fully saturated rings. The first kappa shape index (κ1) is 20.2. The summed E-state index contributed by atoms with van der Waals surface area (Å²) in [6.07, 6.45) is 1.44. The van der Waals surface area contributed by atoms with Gasteiger partial charge in [0.15, 0.2) is 11.5 Å². The van der Waals surface area contributed by atoms with Gasteiger partial charge in [-0.2, -0.15) is 8.42 Å². The Balaban J connectivity index is 2.35. The van der Waals surface area contributed by atoms with Crippen LogP contribution in [0.5, 0.6) is 11.5 Å². The lowest BCUT2D eigenvalue weighted by atomic mass is 10.2. The lowest BCUT2D eigenvalue weighted by Gasteiger charge is -2.11. The molecule has 0 atom stereocenters. The molecule has 0 aromatic heterocycles. The SMILES string of the molecule is CCON=Cc1ccc(OS(=O)(=O)c2ccc(C)c([N+](=O)[O-])c2)c(OC)c1. The molecule has 27 heavy (non-hydrogen) atoms. The van der Waals surface area contributed by atoms with E-state index in [1.54, 1.807) is 13.0 Å². The van der Waals surface area contributed by atoms with Gasteiger partial charge < -0.3 is 13.8 Å². The minimum Gasteiger partial charge on any atom is -0.493 e. The average Bonchev–Trinajstić information content (AvgIpc) is 2.62. The smallest absolute Gasteiger partial charge is 0.339 e. The molecule has 2 aromatic rings. The molecule has 0 saturated carbocycles. The van der Waals surface area contributed by atoms with E-state index in [4.69, 9.17) is 13.8 Å². The Morgan fingerprint density at radius 3 is 2.56 bits per heavy atom. The zero-order chi connectivity index (χ0) is 20.0. The number of nitrogens with zero attached hydrogens (tertiary/aromatic N) is 2. The van der Waals surface area contributed by atoms with Crippen molar-refractivity contribution in [3.8, 4) is 11.5 Å². The van der Waals surface area contributed by atoms with Crippen LogP contribution in [-0.2, 0) is 15.0 Å². The summed E-state index contributed by atoms with van der Waals surface area (Å²) in [5.41, 5.74) is 0.639. The van der Waals surface area contributed by atoms with Crippen molar-refractivity contribution in [1.29, 1.82) is 0 Å². The largest absolute Gasteiger partial charge is 0.493 e. The van der Waals surface area contributed by atoms with Crippen LogP contribution in [0.3, 0.4) is 0 Å². The van der Waals surface area contributed by atoms with Crippen molar-refractivity contribution in [2.24, 2.45) is 5.16 Å². The molecular weight excluding hydrogens is 376 g/mol. The molecule has 0 saturated heterocycles. The van der Waals surface area contributed by atoms with Crippen molar-refractivity contribution in [2.75, 3.05) is 13.7 Å². The Kier molecular flexibility index (Phi) is 6.35. The van der Waals surface area contributed by atoms with Crippen LogP contribution in [0.2, 0.25) is 0 Å². The number of hydrogen-bond acceptors (Lipinski definition) is 8. The quantitative estimate of drug-likeness (QED) is 0.292. The van der Waals surface area contributed by atoms with Crippen LogP contribution in [0.25, 0.3) is 0 Å². The van der Waals surface area contributed by atoms with Gasteiger partial charge in [-0.15, -0.1) is 0 Å². The van der Waals surface area contributed by atoms with Gasteiger partial charge in [0.05, 0.1) is 18.2 Å².